The molecule has 0 aliphatic heterocycles. The van der Waals surface area contributed by atoms with Gasteiger partial charge in [-0.15, -0.1) is 0 Å². The number of aromatic nitrogens is 2. The van der Waals surface area contributed by atoms with Gasteiger partial charge in [0.1, 0.15) is 5.82 Å². The first-order valence-electron chi connectivity index (χ1n) is 3.95. The predicted molar refractivity (Wildman–Crippen MR) is 47.7 cm³/mol. The number of hydrogen-bond donors (Lipinski definition) is 2. The minimum Gasteiger partial charge on any atom is -0.369 e. The molecule has 1 aromatic rings. The fourth-order valence-corrected chi connectivity index (χ4v) is 0.924. The van der Waals surface area contributed by atoms with E-state index in [0.29, 0.717) is 5.82 Å². The Kier molecular flexibility index (Phi) is 3.33. The summed E-state index contributed by atoms with van der Waals surface area (Å²) in [6.45, 7) is 0.719. The normalized spacial score (nSPS) is 9.92. The van der Waals surface area contributed by atoms with Crippen LogP contribution in [0.4, 0.5) is 0 Å². The highest BCUT2D eigenvalue weighted by atomic mass is 16.1. The molecule has 0 saturated heterocycles. The van der Waals surface area contributed by atoms with E-state index in [0.717, 1.165) is 12.1 Å². The third-order valence-corrected chi connectivity index (χ3v) is 1.47. The average molecular weight is 180 g/mol. The summed E-state index contributed by atoms with van der Waals surface area (Å²) in [5, 5.41) is 2.97. The largest absolute Gasteiger partial charge is 0.369 e. The van der Waals surface area contributed by atoms with Crippen molar-refractivity contribution in [2.75, 3.05) is 7.05 Å². The number of nitrogens with zero attached hydrogens (tertiary/aromatic N) is 2. The number of carbonyl (C=O) groups excluding carboxylic acids is 1. The molecule has 1 heterocycles. The van der Waals surface area contributed by atoms with Gasteiger partial charge in [0.25, 0.3) is 0 Å². The van der Waals surface area contributed by atoms with Crippen LogP contribution in [-0.2, 0) is 17.8 Å². The van der Waals surface area contributed by atoms with Crippen molar-refractivity contribution in [1.82, 2.24) is 15.3 Å². The lowest BCUT2D eigenvalue weighted by Gasteiger charge is -1.99. The van der Waals surface area contributed by atoms with Crippen molar-refractivity contribution >= 4 is 5.91 Å². The smallest absolute Gasteiger partial charge is 0.225 e. The van der Waals surface area contributed by atoms with Gasteiger partial charge in [0.05, 0.1) is 6.42 Å². The van der Waals surface area contributed by atoms with Crippen LogP contribution in [-0.4, -0.2) is 22.9 Å². The first kappa shape index (κ1) is 9.60. The molecule has 1 aromatic heterocycles. The highest BCUT2D eigenvalue weighted by Gasteiger charge is 2.00. The molecule has 0 atom stereocenters. The minimum absolute atomic E-state index is 0.0971. The van der Waals surface area contributed by atoms with Gasteiger partial charge in [-0.25, -0.2) is 9.97 Å². The van der Waals surface area contributed by atoms with Crippen molar-refractivity contribution in [3.05, 3.63) is 23.8 Å². The SMILES string of the molecule is CNCc1cnc(CC(N)=O)nc1. The van der Waals surface area contributed by atoms with Crippen molar-refractivity contribution < 1.29 is 4.79 Å². The quantitative estimate of drug-likeness (QED) is 0.637. The van der Waals surface area contributed by atoms with Gasteiger partial charge in [-0.05, 0) is 7.05 Å². The van der Waals surface area contributed by atoms with E-state index < -0.39 is 5.91 Å². The summed E-state index contributed by atoms with van der Waals surface area (Å²) in [4.78, 5) is 18.5. The van der Waals surface area contributed by atoms with Crippen LogP contribution in [0.1, 0.15) is 11.4 Å². The molecule has 5 nitrogen and oxygen atoms in total. The van der Waals surface area contributed by atoms with E-state index in [-0.39, 0.29) is 6.42 Å². The van der Waals surface area contributed by atoms with E-state index in [1.54, 1.807) is 12.4 Å². The van der Waals surface area contributed by atoms with Crippen molar-refractivity contribution in [3.63, 3.8) is 0 Å². The van der Waals surface area contributed by atoms with E-state index in [4.69, 9.17) is 5.73 Å². The number of rotatable bonds is 4. The Bertz CT molecular complexity index is 283. The van der Waals surface area contributed by atoms with Crippen LogP contribution in [0.25, 0.3) is 0 Å². The Labute approximate surface area is 76.4 Å². The molecule has 13 heavy (non-hydrogen) atoms. The maximum absolute atomic E-state index is 10.5. The molecule has 5 heteroatoms. The Balaban J connectivity index is 2.64. The standard InChI is InChI=1S/C8H12N4O/c1-10-3-6-4-11-8(12-5-6)2-7(9)13/h4-5,10H,2-3H2,1H3,(H2,9,13). The molecule has 0 radical (unpaired) electrons. The van der Waals surface area contributed by atoms with Gasteiger partial charge in [-0.3, -0.25) is 4.79 Å². The number of amides is 1. The zero-order valence-electron chi connectivity index (χ0n) is 7.45. The van der Waals surface area contributed by atoms with Crippen LogP contribution in [0.2, 0.25) is 0 Å². The lowest BCUT2D eigenvalue weighted by molar-refractivity contribution is -0.117. The van der Waals surface area contributed by atoms with Gasteiger partial charge in [0.2, 0.25) is 5.91 Å². The average Bonchev–Trinajstić information content (AvgIpc) is 2.08. The Morgan fingerprint density at radius 3 is 2.62 bits per heavy atom. The van der Waals surface area contributed by atoms with E-state index in [9.17, 15) is 4.79 Å². The van der Waals surface area contributed by atoms with Crippen LogP contribution in [0.15, 0.2) is 12.4 Å². The molecule has 0 fully saturated rings. The van der Waals surface area contributed by atoms with Crippen LogP contribution < -0.4 is 11.1 Å². The summed E-state index contributed by atoms with van der Waals surface area (Å²) in [7, 11) is 1.84. The fraction of sp³-hybridized carbons (Fsp3) is 0.375. The molecule has 0 aliphatic rings. The first-order chi connectivity index (χ1) is 6.22. The van der Waals surface area contributed by atoms with E-state index >= 15 is 0 Å². The highest BCUT2D eigenvalue weighted by molar-refractivity contribution is 5.75. The van der Waals surface area contributed by atoms with Crippen LogP contribution in [0.3, 0.4) is 0 Å². The van der Waals surface area contributed by atoms with E-state index in [2.05, 4.69) is 15.3 Å². The fourth-order valence-electron chi connectivity index (χ4n) is 0.924. The second-order valence-electron chi connectivity index (χ2n) is 2.68. The zero-order chi connectivity index (χ0) is 9.68. The molecular weight excluding hydrogens is 168 g/mol. The maximum Gasteiger partial charge on any atom is 0.225 e. The second kappa shape index (κ2) is 4.51. The van der Waals surface area contributed by atoms with Crippen LogP contribution >= 0.6 is 0 Å². The molecule has 0 unspecified atom stereocenters. The summed E-state index contributed by atoms with van der Waals surface area (Å²) in [6.07, 6.45) is 3.46. The lowest BCUT2D eigenvalue weighted by atomic mass is 10.3. The summed E-state index contributed by atoms with van der Waals surface area (Å²) in [5.74, 6) is 0.0497. The molecule has 1 rings (SSSR count). The Hall–Kier alpha value is -1.49. The first-order valence-corrected chi connectivity index (χ1v) is 3.95. The van der Waals surface area contributed by atoms with E-state index in [1.807, 2.05) is 7.05 Å². The summed E-state index contributed by atoms with van der Waals surface area (Å²) >= 11 is 0. The lowest BCUT2D eigenvalue weighted by Crippen LogP contribution is -2.16. The number of nitrogens with two attached hydrogens (primary N) is 1. The van der Waals surface area contributed by atoms with Gasteiger partial charge in [-0.1, -0.05) is 0 Å². The van der Waals surface area contributed by atoms with Gasteiger partial charge in [-0.2, -0.15) is 0 Å². The second-order valence-corrected chi connectivity index (χ2v) is 2.68. The monoisotopic (exact) mass is 180 g/mol. The summed E-state index contributed by atoms with van der Waals surface area (Å²) in [6, 6.07) is 0. The van der Waals surface area contributed by atoms with Crippen LogP contribution in [0.5, 0.6) is 0 Å². The predicted octanol–water partition coefficient (Wildman–Crippen LogP) is -0.776. The van der Waals surface area contributed by atoms with Crippen LogP contribution in [0, 0.1) is 0 Å². The molecule has 0 aliphatic carbocycles. The minimum atomic E-state index is -0.415. The topological polar surface area (TPSA) is 80.9 Å². The summed E-state index contributed by atoms with van der Waals surface area (Å²) < 4.78 is 0. The molecule has 1 amide bonds. The molecular formula is C8H12N4O. The molecule has 0 spiro atoms. The van der Waals surface area contributed by atoms with Crippen molar-refractivity contribution in [1.29, 1.82) is 0 Å². The third kappa shape index (κ3) is 3.16. The molecule has 0 saturated carbocycles. The Morgan fingerprint density at radius 2 is 2.15 bits per heavy atom. The molecule has 0 bridgehead atoms. The van der Waals surface area contributed by atoms with Crippen molar-refractivity contribution in [2.24, 2.45) is 5.73 Å². The third-order valence-electron chi connectivity index (χ3n) is 1.47. The molecule has 0 aromatic carbocycles. The van der Waals surface area contributed by atoms with Crippen molar-refractivity contribution in [3.8, 4) is 0 Å². The molecule has 3 N–H and O–H groups in total. The maximum atomic E-state index is 10.5. The Morgan fingerprint density at radius 1 is 1.54 bits per heavy atom. The number of hydrogen-bond acceptors (Lipinski definition) is 4. The number of nitrogens with one attached hydrogen (secondary N) is 1. The van der Waals surface area contributed by atoms with Gasteiger partial charge >= 0.3 is 0 Å². The number of primary amides is 1. The number of carbonyl (C=O) groups is 1. The molecule has 70 valence electrons. The zero-order valence-corrected chi connectivity index (χ0v) is 7.45. The van der Waals surface area contributed by atoms with Gasteiger partial charge in [0.15, 0.2) is 0 Å². The summed E-state index contributed by atoms with van der Waals surface area (Å²) in [5.41, 5.74) is 5.97. The van der Waals surface area contributed by atoms with Crippen molar-refractivity contribution in [2.45, 2.75) is 13.0 Å². The van der Waals surface area contributed by atoms with E-state index in [1.165, 1.54) is 0 Å². The van der Waals surface area contributed by atoms with Gasteiger partial charge in [0, 0.05) is 24.5 Å². The highest BCUT2D eigenvalue weighted by Crippen LogP contribution is 1.95. The van der Waals surface area contributed by atoms with Gasteiger partial charge < -0.3 is 11.1 Å².